The Bertz CT molecular complexity index is 877. The zero-order valence-electron chi connectivity index (χ0n) is 11.7. The van der Waals surface area contributed by atoms with Crippen LogP contribution in [0.4, 0.5) is 0 Å². The second kappa shape index (κ2) is 4.56. The molecule has 0 unspecified atom stereocenters. The maximum Gasteiger partial charge on any atom is 0.253 e. The molecule has 1 aliphatic rings. The fourth-order valence-corrected chi connectivity index (χ4v) is 3.02. The minimum absolute atomic E-state index is 0.0542. The van der Waals surface area contributed by atoms with E-state index in [1.54, 1.807) is 6.33 Å². The number of pyridine rings is 1. The third-order valence-electron chi connectivity index (χ3n) is 4.09. The average Bonchev–Trinajstić information content (AvgIpc) is 2.95. The predicted octanol–water partition coefficient (Wildman–Crippen LogP) is 1.79. The van der Waals surface area contributed by atoms with Gasteiger partial charge in [0.15, 0.2) is 0 Å². The lowest BCUT2D eigenvalue weighted by molar-refractivity contribution is 0.550. The minimum Gasteiger partial charge on any atom is -0.348 e. The summed E-state index contributed by atoms with van der Waals surface area (Å²) >= 11 is 0. The highest BCUT2D eigenvalue weighted by atomic mass is 16.1. The van der Waals surface area contributed by atoms with Crippen molar-refractivity contribution < 1.29 is 0 Å². The van der Waals surface area contributed by atoms with Gasteiger partial charge in [-0.3, -0.25) is 4.79 Å². The molecule has 0 amide bonds. The average molecular weight is 280 g/mol. The van der Waals surface area contributed by atoms with E-state index in [4.69, 9.17) is 0 Å². The maximum atomic E-state index is 12.4. The van der Waals surface area contributed by atoms with Crippen molar-refractivity contribution >= 4 is 10.9 Å². The van der Waals surface area contributed by atoms with E-state index in [0.717, 1.165) is 46.4 Å². The number of fused-ring (bicyclic) bond motifs is 2. The van der Waals surface area contributed by atoms with Crippen molar-refractivity contribution in [2.75, 3.05) is 6.54 Å². The summed E-state index contributed by atoms with van der Waals surface area (Å²) in [6.07, 6.45) is 2.61. The molecular weight excluding hydrogens is 264 g/mol. The van der Waals surface area contributed by atoms with Gasteiger partial charge in [0.2, 0.25) is 0 Å². The molecule has 5 heteroatoms. The fraction of sp³-hybridized carbons (Fsp3) is 0.250. The second-order valence-electron chi connectivity index (χ2n) is 5.55. The molecule has 2 aromatic heterocycles. The molecule has 1 aliphatic heterocycles. The van der Waals surface area contributed by atoms with Crippen LogP contribution in [0.5, 0.6) is 0 Å². The van der Waals surface area contributed by atoms with Crippen LogP contribution in [0.2, 0.25) is 0 Å². The van der Waals surface area contributed by atoms with Crippen LogP contribution >= 0.6 is 0 Å². The Labute approximate surface area is 121 Å². The lowest BCUT2D eigenvalue weighted by Crippen LogP contribution is -2.34. The maximum absolute atomic E-state index is 12.4. The lowest BCUT2D eigenvalue weighted by Gasteiger charge is -2.22. The first-order chi connectivity index (χ1) is 10.2. The van der Waals surface area contributed by atoms with Gasteiger partial charge >= 0.3 is 0 Å². The number of imidazole rings is 1. The zero-order valence-corrected chi connectivity index (χ0v) is 11.7. The van der Waals surface area contributed by atoms with Crippen LogP contribution in [0, 0.1) is 6.92 Å². The number of benzene rings is 1. The van der Waals surface area contributed by atoms with E-state index in [9.17, 15) is 4.79 Å². The Morgan fingerprint density at radius 3 is 3.10 bits per heavy atom. The van der Waals surface area contributed by atoms with E-state index in [1.165, 1.54) is 0 Å². The van der Waals surface area contributed by atoms with E-state index in [1.807, 2.05) is 25.1 Å². The van der Waals surface area contributed by atoms with Crippen molar-refractivity contribution in [3.05, 3.63) is 63.5 Å². The van der Waals surface area contributed by atoms with Gasteiger partial charge in [-0.2, -0.15) is 0 Å². The first kappa shape index (κ1) is 12.3. The molecule has 21 heavy (non-hydrogen) atoms. The lowest BCUT2D eigenvalue weighted by atomic mass is 9.97. The predicted molar refractivity (Wildman–Crippen MR) is 81.4 cm³/mol. The molecular formula is C16H16N4O. The van der Waals surface area contributed by atoms with Crippen molar-refractivity contribution in [3.63, 3.8) is 0 Å². The van der Waals surface area contributed by atoms with E-state index in [-0.39, 0.29) is 11.6 Å². The smallest absolute Gasteiger partial charge is 0.253 e. The van der Waals surface area contributed by atoms with Gasteiger partial charge in [0, 0.05) is 29.7 Å². The van der Waals surface area contributed by atoms with Crippen molar-refractivity contribution in [1.82, 2.24) is 20.3 Å². The Kier molecular flexibility index (Phi) is 2.68. The summed E-state index contributed by atoms with van der Waals surface area (Å²) in [4.78, 5) is 23.0. The van der Waals surface area contributed by atoms with Gasteiger partial charge in [-0.15, -0.1) is 0 Å². The third-order valence-corrected chi connectivity index (χ3v) is 4.09. The standard InChI is InChI=1S/C16H16N4O/c1-9-2-3-10-7-11(16(21)20-13(10)6-9)14-15-12(4-5-17-14)18-8-19-15/h2-3,6-8,14,17H,4-5H2,1H3,(H,18,19)(H,20,21)/t14-/m1/s1. The molecule has 0 spiro atoms. The molecule has 106 valence electrons. The van der Waals surface area contributed by atoms with Gasteiger partial charge < -0.3 is 15.3 Å². The topological polar surface area (TPSA) is 73.6 Å². The fourth-order valence-electron chi connectivity index (χ4n) is 3.02. The number of aromatic amines is 2. The molecule has 5 nitrogen and oxygen atoms in total. The number of hydrogen-bond acceptors (Lipinski definition) is 3. The summed E-state index contributed by atoms with van der Waals surface area (Å²) in [5.41, 5.74) is 4.72. The molecule has 1 atom stereocenters. The Hall–Kier alpha value is -2.40. The Balaban J connectivity index is 1.90. The van der Waals surface area contributed by atoms with Crippen molar-refractivity contribution in [1.29, 1.82) is 0 Å². The van der Waals surface area contributed by atoms with E-state index in [2.05, 4.69) is 26.3 Å². The highest BCUT2D eigenvalue weighted by molar-refractivity contribution is 5.79. The van der Waals surface area contributed by atoms with E-state index < -0.39 is 0 Å². The first-order valence-corrected chi connectivity index (χ1v) is 7.11. The van der Waals surface area contributed by atoms with Gasteiger partial charge in [-0.25, -0.2) is 4.98 Å². The molecule has 0 radical (unpaired) electrons. The quantitative estimate of drug-likeness (QED) is 0.636. The van der Waals surface area contributed by atoms with Crippen LogP contribution < -0.4 is 10.9 Å². The summed E-state index contributed by atoms with van der Waals surface area (Å²) in [5.74, 6) is 0. The van der Waals surface area contributed by atoms with Gasteiger partial charge in [-0.05, 0) is 30.0 Å². The normalized spacial score (nSPS) is 17.9. The Morgan fingerprint density at radius 1 is 1.29 bits per heavy atom. The first-order valence-electron chi connectivity index (χ1n) is 7.11. The monoisotopic (exact) mass is 280 g/mol. The molecule has 0 fully saturated rings. The largest absolute Gasteiger partial charge is 0.348 e. The molecule has 4 rings (SSSR count). The molecule has 0 saturated carbocycles. The van der Waals surface area contributed by atoms with Gasteiger partial charge in [0.05, 0.1) is 18.1 Å². The van der Waals surface area contributed by atoms with Gasteiger partial charge in [0.25, 0.3) is 5.56 Å². The number of hydrogen-bond donors (Lipinski definition) is 3. The van der Waals surface area contributed by atoms with E-state index >= 15 is 0 Å². The number of aromatic nitrogens is 3. The Morgan fingerprint density at radius 2 is 2.19 bits per heavy atom. The molecule has 3 aromatic rings. The summed E-state index contributed by atoms with van der Waals surface area (Å²) < 4.78 is 0. The summed E-state index contributed by atoms with van der Waals surface area (Å²) in [6, 6.07) is 7.91. The minimum atomic E-state index is -0.144. The van der Waals surface area contributed by atoms with Crippen molar-refractivity contribution in [2.45, 2.75) is 19.4 Å². The second-order valence-corrected chi connectivity index (χ2v) is 5.55. The summed E-state index contributed by atoms with van der Waals surface area (Å²) in [6.45, 7) is 2.86. The van der Waals surface area contributed by atoms with Crippen molar-refractivity contribution in [3.8, 4) is 0 Å². The van der Waals surface area contributed by atoms with Crippen LogP contribution in [-0.2, 0) is 6.42 Å². The number of aryl methyl sites for hydroxylation is 1. The van der Waals surface area contributed by atoms with E-state index in [0.29, 0.717) is 0 Å². The van der Waals surface area contributed by atoms with Crippen LogP contribution in [0.3, 0.4) is 0 Å². The summed E-state index contributed by atoms with van der Waals surface area (Å²) in [7, 11) is 0. The molecule has 0 aliphatic carbocycles. The molecule has 1 aromatic carbocycles. The van der Waals surface area contributed by atoms with Crippen LogP contribution in [-0.4, -0.2) is 21.5 Å². The molecule has 3 heterocycles. The van der Waals surface area contributed by atoms with Gasteiger partial charge in [0.1, 0.15) is 0 Å². The zero-order chi connectivity index (χ0) is 14.4. The summed E-state index contributed by atoms with van der Waals surface area (Å²) in [5, 5.41) is 4.43. The highest BCUT2D eigenvalue weighted by Crippen LogP contribution is 2.25. The molecule has 0 bridgehead atoms. The number of nitrogens with one attached hydrogen (secondary N) is 3. The molecule has 0 saturated heterocycles. The molecule has 3 N–H and O–H groups in total. The number of nitrogens with zero attached hydrogens (tertiary/aromatic N) is 1. The highest BCUT2D eigenvalue weighted by Gasteiger charge is 2.26. The van der Waals surface area contributed by atoms with Crippen LogP contribution in [0.1, 0.15) is 28.6 Å². The SMILES string of the molecule is Cc1ccc2cc([C@H]3NCCc4[nH]cnc43)c(=O)[nH]c2c1. The third kappa shape index (κ3) is 1.97. The van der Waals surface area contributed by atoms with Gasteiger partial charge in [-0.1, -0.05) is 12.1 Å². The number of rotatable bonds is 1. The van der Waals surface area contributed by atoms with Crippen molar-refractivity contribution in [2.24, 2.45) is 0 Å². The number of H-pyrrole nitrogens is 2. The van der Waals surface area contributed by atoms with Crippen LogP contribution in [0.25, 0.3) is 10.9 Å². The van der Waals surface area contributed by atoms with Crippen LogP contribution in [0.15, 0.2) is 35.4 Å².